The van der Waals surface area contributed by atoms with Crippen LogP contribution >= 0.6 is 0 Å². The number of rotatable bonds is 3. The van der Waals surface area contributed by atoms with Crippen molar-refractivity contribution < 1.29 is 17.6 Å². The van der Waals surface area contributed by atoms with Crippen LogP contribution in [-0.2, 0) is 14.8 Å². The molecule has 1 aromatic rings. The van der Waals surface area contributed by atoms with Crippen molar-refractivity contribution in [1.82, 2.24) is 4.31 Å². The van der Waals surface area contributed by atoms with Gasteiger partial charge in [0.05, 0.1) is 10.9 Å². The van der Waals surface area contributed by atoms with Gasteiger partial charge in [0, 0.05) is 13.1 Å². The molecule has 7 heteroatoms. The first-order valence-corrected chi connectivity index (χ1v) is 8.74. The maximum Gasteiger partial charge on any atom is 0.245 e. The number of carbonyl (C=O) groups excluding carboxylic acids is 1. The zero-order valence-electron chi connectivity index (χ0n) is 13.2. The molecule has 1 atom stereocenters. The fraction of sp³-hybridized carbons (Fsp3) is 0.533. The highest BCUT2D eigenvalue weighted by Gasteiger charge is 2.40. The Morgan fingerprint density at radius 3 is 2.50 bits per heavy atom. The van der Waals surface area contributed by atoms with Crippen LogP contribution in [0.25, 0.3) is 0 Å². The zero-order chi connectivity index (χ0) is 16.7. The van der Waals surface area contributed by atoms with Crippen molar-refractivity contribution in [2.75, 3.05) is 18.0 Å². The Bertz CT molecular complexity index is 688. The van der Waals surface area contributed by atoms with Crippen LogP contribution in [0.15, 0.2) is 18.2 Å². The van der Waals surface area contributed by atoms with Crippen LogP contribution in [0.1, 0.15) is 26.3 Å². The topological polar surface area (TPSA) is 57.7 Å². The van der Waals surface area contributed by atoms with Crippen molar-refractivity contribution in [3.8, 4) is 0 Å². The second-order valence-corrected chi connectivity index (χ2v) is 8.27. The molecule has 122 valence electrons. The largest absolute Gasteiger partial charge is 0.307 e. The number of anilines is 1. The first-order chi connectivity index (χ1) is 10.2. The smallest absolute Gasteiger partial charge is 0.245 e. The van der Waals surface area contributed by atoms with Gasteiger partial charge >= 0.3 is 0 Å². The summed E-state index contributed by atoms with van der Waals surface area (Å²) in [6.45, 7) is 6.84. The standard InChI is InChI=1S/C15H21FN2O3S/c1-10(2)22(20,21)18-8-7-17(15(19)12(18)4)14-9-11(3)5-6-13(14)16/h5-6,9-10,12H,7-8H2,1-4H3. The average Bonchev–Trinajstić information content (AvgIpc) is 2.44. The number of amides is 1. The monoisotopic (exact) mass is 328 g/mol. The van der Waals surface area contributed by atoms with E-state index in [2.05, 4.69) is 0 Å². The molecular weight excluding hydrogens is 307 g/mol. The number of hydrogen-bond donors (Lipinski definition) is 0. The molecule has 0 spiro atoms. The van der Waals surface area contributed by atoms with E-state index >= 15 is 0 Å². The van der Waals surface area contributed by atoms with Crippen LogP contribution in [0.3, 0.4) is 0 Å². The Labute approximate surface area is 130 Å². The Hall–Kier alpha value is -1.47. The van der Waals surface area contributed by atoms with Crippen molar-refractivity contribution >= 4 is 21.6 Å². The minimum Gasteiger partial charge on any atom is -0.307 e. The number of carbonyl (C=O) groups is 1. The van der Waals surface area contributed by atoms with Crippen LogP contribution in [0.2, 0.25) is 0 Å². The van der Waals surface area contributed by atoms with Crippen LogP contribution in [-0.4, -0.2) is 43.0 Å². The highest BCUT2D eigenvalue weighted by atomic mass is 32.2. The van der Waals surface area contributed by atoms with Gasteiger partial charge in [0.2, 0.25) is 15.9 Å². The van der Waals surface area contributed by atoms with E-state index < -0.39 is 33.0 Å². The highest BCUT2D eigenvalue weighted by Crippen LogP contribution is 2.26. The first-order valence-electron chi connectivity index (χ1n) is 7.24. The maximum absolute atomic E-state index is 14.0. The third-order valence-electron chi connectivity index (χ3n) is 3.91. The maximum atomic E-state index is 14.0. The van der Waals surface area contributed by atoms with Gasteiger partial charge in [-0.2, -0.15) is 4.31 Å². The van der Waals surface area contributed by atoms with Crippen LogP contribution in [0.4, 0.5) is 10.1 Å². The van der Waals surface area contributed by atoms with Crippen molar-refractivity contribution in [3.63, 3.8) is 0 Å². The Morgan fingerprint density at radius 1 is 1.27 bits per heavy atom. The summed E-state index contributed by atoms with van der Waals surface area (Å²) in [5, 5.41) is -0.593. The van der Waals surface area contributed by atoms with Gasteiger partial charge in [0.15, 0.2) is 0 Å². The van der Waals surface area contributed by atoms with E-state index in [1.807, 2.05) is 6.92 Å². The van der Waals surface area contributed by atoms with Crippen LogP contribution in [0, 0.1) is 12.7 Å². The van der Waals surface area contributed by atoms with Crippen LogP contribution in [0.5, 0.6) is 0 Å². The van der Waals surface area contributed by atoms with Crippen molar-refractivity contribution in [2.24, 2.45) is 0 Å². The third kappa shape index (κ3) is 2.87. The number of aryl methyl sites for hydroxylation is 1. The molecule has 0 N–H and O–H groups in total. The van der Waals surface area contributed by atoms with Gasteiger partial charge in [-0.15, -0.1) is 0 Å². The molecule has 0 saturated carbocycles. The number of nitrogens with zero attached hydrogens (tertiary/aromatic N) is 2. The Morgan fingerprint density at radius 2 is 1.91 bits per heavy atom. The fourth-order valence-corrected chi connectivity index (χ4v) is 3.95. The van der Waals surface area contributed by atoms with E-state index in [0.717, 1.165) is 5.56 Å². The third-order valence-corrected chi connectivity index (χ3v) is 6.26. The van der Waals surface area contributed by atoms with E-state index in [1.165, 1.54) is 15.3 Å². The fourth-order valence-electron chi connectivity index (χ4n) is 2.54. The van der Waals surface area contributed by atoms with Gasteiger partial charge in [-0.3, -0.25) is 4.79 Å². The summed E-state index contributed by atoms with van der Waals surface area (Å²) < 4.78 is 39.8. The molecule has 5 nitrogen and oxygen atoms in total. The molecule has 1 amide bonds. The summed E-state index contributed by atoms with van der Waals surface area (Å²) in [6.07, 6.45) is 0. The lowest BCUT2D eigenvalue weighted by Crippen LogP contribution is -2.59. The van der Waals surface area contributed by atoms with E-state index in [0.29, 0.717) is 0 Å². The van der Waals surface area contributed by atoms with Gasteiger partial charge in [-0.1, -0.05) is 6.07 Å². The molecule has 1 saturated heterocycles. The van der Waals surface area contributed by atoms with Gasteiger partial charge < -0.3 is 4.90 Å². The molecule has 2 rings (SSSR count). The Kier molecular flexibility index (Phi) is 4.58. The molecule has 1 aromatic carbocycles. The number of halogens is 1. The molecule has 1 aliphatic heterocycles. The number of benzene rings is 1. The molecule has 1 heterocycles. The van der Waals surface area contributed by atoms with E-state index in [4.69, 9.17) is 0 Å². The summed E-state index contributed by atoms with van der Waals surface area (Å²) in [7, 11) is -3.51. The summed E-state index contributed by atoms with van der Waals surface area (Å²) in [4.78, 5) is 13.9. The predicted molar refractivity (Wildman–Crippen MR) is 83.7 cm³/mol. The van der Waals surface area contributed by atoms with Gasteiger partial charge in [-0.05, 0) is 45.4 Å². The molecule has 1 aliphatic rings. The molecular formula is C15H21FN2O3S. The summed E-state index contributed by atoms with van der Waals surface area (Å²) in [5.41, 5.74) is 1.05. The molecule has 0 bridgehead atoms. The molecule has 1 unspecified atom stereocenters. The molecule has 0 aromatic heterocycles. The number of hydrogen-bond acceptors (Lipinski definition) is 3. The average molecular weight is 328 g/mol. The first kappa shape index (κ1) is 16.9. The van der Waals surface area contributed by atoms with Crippen molar-refractivity contribution in [1.29, 1.82) is 0 Å². The molecule has 0 aliphatic carbocycles. The minimum atomic E-state index is -3.51. The Balaban J connectivity index is 2.32. The van der Waals surface area contributed by atoms with Gasteiger partial charge in [-0.25, -0.2) is 12.8 Å². The lowest BCUT2D eigenvalue weighted by molar-refractivity contribution is -0.123. The second kappa shape index (κ2) is 5.96. The molecule has 0 radical (unpaired) electrons. The molecule has 1 fully saturated rings. The lowest BCUT2D eigenvalue weighted by Gasteiger charge is -2.39. The predicted octanol–water partition coefficient (Wildman–Crippen LogP) is 1.91. The normalized spacial score (nSPS) is 20.7. The SMILES string of the molecule is Cc1ccc(F)c(N2CCN(S(=O)(=O)C(C)C)C(C)C2=O)c1. The van der Waals surface area contributed by atoms with Gasteiger partial charge in [0.25, 0.3) is 0 Å². The van der Waals surface area contributed by atoms with Crippen molar-refractivity contribution in [2.45, 2.75) is 39.0 Å². The lowest BCUT2D eigenvalue weighted by atomic mass is 10.1. The summed E-state index contributed by atoms with van der Waals surface area (Å²) >= 11 is 0. The van der Waals surface area contributed by atoms with Crippen molar-refractivity contribution in [3.05, 3.63) is 29.6 Å². The summed E-state index contributed by atoms with van der Waals surface area (Å²) in [6, 6.07) is 3.72. The highest BCUT2D eigenvalue weighted by molar-refractivity contribution is 7.89. The quantitative estimate of drug-likeness (QED) is 0.852. The van der Waals surface area contributed by atoms with E-state index in [9.17, 15) is 17.6 Å². The van der Waals surface area contributed by atoms with E-state index in [-0.39, 0.29) is 18.8 Å². The van der Waals surface area contributed by atoms with Crippen LogP contribution < -0.4 is 4.90 Å². The second-order valence-electron chi connectivity index (χ2n) is 5.83. The molecule has 22 heavy (non-hydrogen) atoms. The van der Waals surface area contributed by atoms with E-state index in [1.54, 1.807) is 32.9 Å². The number of sulfonamides is 1. The zero-order valence-corrected chi connectivity index (χ0v) is 14.0. The summed E-state index contributed by atoms with van der Waals surface area (Å²) in [5.74, 6) is -0.883. The minimum absolute atomic E-state index is 0.148. The number of piperazine rings is 1. The van der Waals surface area contributed by atoms with Gasteiger partial charge in [0.1, 0.15) is 11.9 Å².